The Balaban J connectivity index is 1.78. The van der Waals surface area contributed by atoms with E-state index in [-0.39, 0.29) is 12.7 Å². The summed E-state index contributed by atoms with van der Waals surface area (Å²) in [5.41, 5.74) is 9.30. The summed E-state index contributed by atoms with van der Waals surface area (Å²) < 4.78 is 6.12. The van der Waals surface area contributed by atoms with Crippen molar-refractivity contribution >= 4 is 0 Å². The van der Waals surface area contributed by atoms with Crippen molar-refractivity contribution in [3.8, 4) is 0 Å². The van der Waals surface area contributed by atoms with E-state index < -0.39 is 18.3 Å². The number of rotatable bonds is 5. The Morgan fingerprint density at radius 2 is 1.77 bits per heavy atom. The van der Waals surface area contributed by atoms with Crippen LogP contribution in [-0.2, 0) is 24.0 Å². The van der Waals surface area contributed by atoms with Crippen LogP contribution in [0, 0.1) is 6.92 Å². The lowest BCUT2D eigenvalue weighted by atomic mass is 9.81. The first-order valence-electron chi connectivity index (χ1n) is 11.2. The second kappa shape index (κ2) is 8.80. The minimum Gasteiger partial charge on any atom is -0.394 e. The van der Waals surface area contributed by atoms with E-state index in [9.17, 15) is 15.3 Å². The van der Waals surface area contributed by atoms with E-state index in [4.69, 9.17) is 4.74 Å². The Morgan fingerprint density at radius 1 is 1.07 bits per heavy atom. The summed E-state index contributed by atoms with van der Waals surface area (Å²) in [6, 6.07) is 11.0. The highest BCUT2D eigenvalue weighted by Crippen LogP contribution is 2.42. The number of fused-ring (bicyclic) bond motifs is 1. The van der Waals surface area contributed by atoms with Crippen LogP contribution in [-0.4, -0.2) is 40.2 Å². The molecule has 0 radical (unpaired) electrons. The lowest BCUT2D eigenvalue weighted by molar-refractivity contribution is -0.181. The van der Waals surface area contributed by atoms with Crippen molar-refractivity contribution in [3.05, 3.63) is 69.3 Å². The third kappa shape index (κ3) is 4.06. The molecule has 2 aromatic carbocycles. The van der Waals surface area contributed by atoms with Crippen LogP contribution < -0.4 is 0 Å². The molecule has 1 heterocycles. The Labute approximate surface area is 179 Å². The van der Waals surface area contributed by atoms with Gasteiger partial charge in [-0.2, -0.15) is 0 Å². The second-order valence-electron chi connectivity index (χ2n) is 9.31. The van der Waals surface area contributed by atoms with Gasteiger partial charge in [0.2, 0.25) is 0 Å². The minimum absolute atomic E-state index is 0.299. The van der Waals surface area contributed by atoms with Crippen molar-refractivity contribution in [2.24, 2.45) is 0 Å². The molecule has 0 aromatic heterocycles. The quantitative estimate of drug-likeness (QED) is 0.702. The van der Waals surface area contributed by atoms with E-state index in [1.807, 2.05) is 0 Å². The highest BCUT2D eigenvalue weighted by atomic mass is 16.5. The van der Waals surface area contributed by atoms with E-state index in [0.29, 0.717) is 12.3 Å². The molecule has 2 aliphatic rings. The number of benzene rings is 2. The third-order valence-corrected chi connectivity index (χ3v) is 6.76. The van der Waals surface area contributed by atoms with Gasteiger partial charge in [0.1, 0.15) is 12.2 Å². The predicted molar refractivity (Wildman–Crippen MR) is 118 cm³/mol. The number of ether oxygens (including phenoxy) is 1. The van der Waals surface area contributed by atoms with Crippen molar-refractivity contribution < 1.29 is 20.1 Å². The molecule has 30 heavy (non-hydrogen) atoms. The summed E-state index contributed by atoms with van der Waals surface area (Å²) in [6.07, 6.45) is 1.58. The first-order chi connectivity index (χ1) is 14.4. The van der Waals surface area contributed by atoms with Crippen LogP contribution in [0.1, 0.15) is 77.7 Å². The second-order valence-corrected chi connectivity index (χ2v) is 9.31. The number of hydrogen-bond acceptors (Lipinski definition) is 4. The molecule has 162 valence electrons. The van der Waals surface area contributed by atoms with E-state index in [0.717, 1.165) is 24.8 Å². The number of aryl methyl sites for hydroxylation is 1. The van der Waals surface area contributed by atoms with Gasteiger partial charge in [0, 0.05) is 6.42 Å². The number of aliphatic hydroxyl groups excluding tert-OH is 3. The fraction of sp³-hybridized carbons (Fsp3) is 0.538. The molecular weight excluding hydrogens is 376 g/mol. The largest absolute Gasteiger partial charge is 0.394 e. The average molecular weight is 411 g/mol. The lowest BCUT2D eigenvalue weighted by Crippen LogP contribution is -2.47. The number of hydrogen-bond donors (Lipinski definition) is 3. The van der Waals surface area contributed by atoms with Crippen molar-refractivity contribution in [3.63, 3.8) is 0 Å². The van der Waals surface area contributed by atoms with Crippen molar-refractivity contribution in [2.75, 3.05) is 6.61 Å². The zero-order chi connectivity index (χ0) is 21.4. The predicted octanol–water partition coefficient (Wildman–Crippen LogP) is 3.74. The van der Waals surface area contributed by atoms with Crippen LogP contribution in [0.5, 0.6) is 0 Å². The maximum atomic E-state index is 10.4. The molecule has 4 nitrogen and oxygen atoms in total. The first kappa shape index (κ1) is 21.5. The van der Waals surface area contributed by atoms with Crippen molar-refractivity contribution in [2.45, 2.75) is 83.2 Å². The molecule has 4 rings (SSSR count). The van der Waals surface area contributed by atoms with Crippen LogP contribution in [0.4, 0.5) is 0 Å². The topological polar surface area (TPSA) is 69.9 Å². The van der Waals surface area contributed by atoms with Gasteiger partial charge in [-0.3, -0.25) is 0 Å². The van der Waals surface area contributed by atoms with Gasteiger partial charge < -0.3 is 20.1 Å². The van der Waals surface area contributed by atoms with Gasteiger partial charge in [-0.1, -0.05) is 49.7 Å². The summed E-state index contributed by atoms with van der Waals surface area (Å²) in [4.78, 5) is 0. The zero-order valence-corrected chi connectivity index (χ0v) is 18.3. The molecular formula is C26H34O4. The molecule has 1 saturated heterocycles. The highest BCUT2D eigenvalue weighted by Gasteiger charge is 2.39. The van der Waals surface area contributed by atoms with Crippen LogP contribution in [0.15, 0.2) is 30.3 Å². The van der Waals surface area contributed by atoms with Crippen LogP contribution in [0.3, 0.4) is 0 Å². The van der Waals surface area contributed by atoms with Crippen molar-refractivity contribution in [1.82, 2.24) is 0 Å². The number of aliphatic hydroxyl groups is 3. The van der Waals surface area contributed by atoms with E-state index in [2.05, 4.69) is 51.1 Å². The molecule has 1 aliphatic heterocycles. The summed E-state index contributed by atoms with van der Waals surface area (Å²) in [7, 11) is 0. The molecule has 4 atom stereocenters. The maximum absolute atomic E-state index is 10.4. The van der Waals surface area contributed by atoms with Gasteiger partial charge in [0.25, 0.3) is 0 Å². The summed E-state index contributed by atoms with van der Waals surface area (Å²) >= 11 is 0. The Morgan fingerprint density at radius 3 is 2.43 bits per heavy atom. The summed E-state index contributed by atoms with van der Waals surface area (Å²) in [5, 5.41) is 30.2. The van der Waals surface area contributed by atoms with Gasteiger partial charge in [0.15, 0.2) is 0 Å². The molecule has 0 spiro atoms. The smallest absolute Gasteiger partial charge is 0.110 e. The zero-order valence-electron chi connectivity index (χ0n) is 18.3. The average Bonchev–Trinajstić information content (AvgIpc) is 3.21. The molecule has 3 N–H and O–H groups in total. The van der Waals surface area contributed by atoms with E-state index >= 15 is 0 Å². The standard InChI is InChI=1S/C26H34O4/c1-15(2)25-20-6-4-5-19(20)18(11-17-9-7-16(3)8-10-17)12-21(25)23-13-22(28)26(29)24(14-27)30-23/h7-10,12,15,22-24,26-29H,4-6,11,13-14H2,1-3H3/t22-,23-,24-,26-/m1/s1. The van der Waals surface area contributed by atoms with Gasteiger partial charge >= 0.3 is 0 Å². The van der Waals surface area contributed by atoms with E-state index in [1.54, 1.807) is 0 Å². The molecule has 2 aromatic rings. The summed E-state index contributed by atoms with van der Waals surface area (Å²) in [5.74, 6) is 0.348. The fourth-order valence-electron chi connectivity index (χ4n) is 5.26. The lowest BCUT2D eigenvalue weighted by Gasteiger charge is -2.38. The maximum Gasteiger partial charge on any atom is 0.110 e. The molecule has 1 aliphatic carbocycles. The van der Waals surface area contributed by atoms with Gasteiger partial charge in [0.05, 0.1) is 18.8 Å². The normalized spacial score (nSPS) is 26.2. The Kier molecular flexibility index (Phi) is 6.31. The Bertz CT molecular complexity index is 887. The SMILES string of the molecule is Cc1ccc(Cc2cc([C@H]3C[C@@H](O)[C@@H](O)[C@@H](CO)O3)c(C(C)C)c3c2CCC3)cc1. The minimum atomic E-state index is -1.05. The van der Waals surface area contributed by atoms with Crippen LogP contribution in [0.25, 0.3) is 0 Å². The van der Waals surface area contributed by atoms with Gasteiger partial charge in [-0.25, -0.2) is 0 Å². The van der Waals surface area contributed by atoms with Crippen LogP contribution in [0.2, 0.25) is 0 Å². The highest BCUT2D eigenvalue weighted by molar-refractivity contribution is 5.52. The van der Waals surface area contributed by atoms with Crippen LogP contribution >= 0.6 is 0 Å². The first-order valence-corrected chi connectivity index (χ1v) is 11.2. The summed E-state index contributed by atoms with van der Waals surface area (Å²) in [6.45, 7) is 6.24. The fourth-order valence-corrected chi connectivity index (χ4v) is 5.26. The molecule has 0 saturated carbocycles. The monoisotopic (exact) mass is 410 g/mol. The molecule has 0 amide bonds. The van der Waals surface area contributed by atoms with Crippen molar-refractivity contribution in [1.29, 1.82) is 0 Å². The third-order valence-electron chi connectivity index (χ3n) is 6.76. The molecule has 1 fully saturated rings. The van der Waals surface area contributed by atoms with E-state index in [1.165, 1.54) is 39.8 Å². The van der Waals surface area contributed by atoms with Gasteiger partial charge in [-0.05, 0) is 71.9 Å². The van der Waals surface area contributed by atoms with Gasteiger partial charge in [-0.15, -0.1) is 0 Å². The molecule has 0 bridgehead atoms. The molecule has 4 heteroatoms. The molecule has 0 unspecified atom stereocenters. The Hall–Kier alpha value is -1.72.